The van der Waals surface area contributed by atoms with Crippen LogP contribution in [0.25, 0.3) is 0 Å². The minimum Gasteiger partial charge on any atom is -0.478 e. The van der Waals surface area contributed by atoms with Gasteiger partial charge in [0.25, 0.3) is 0 Å². The van der Waals surface area contributed by atoms with Gasteiger partial charge in [0.15, 0.2) is 0 Å². The van der Waals surface area contributed by atoms with Gasteiger partial charge in [0.05, 0.1) is 5.56 Å². The molecule has 1 aliphatic rings. The van der Waals surface area contributed by atoms with Crippen molar-refractivity contribution in [2.24, 2.45) is 5.73 Å². The molecule has 0 aromatic heterocycles. The molecule has 3 rings (SSSR count). The maximum atomic E-state index is 11.4. The topological polar surface area (TPSA) is 63.3 Å². The Morgan fingerprint density at radius 2 is 1.91 bits per heavy atom. The van der Waals surface area contributed by atoms with Gasteiger partial charge in [-0.05, 0) is 41.7 Å². The van der Waals surface area contributed by atoms with Crippen LogP contribution in [0.3, 0.4) is 0 Å². The SMILES string of the molecule is CC(c1ccc(C2(N)CC2)cc1Cl)c1ccccc1C(=O)O. The van der Waals surface area contributed by atoms with Crippen molar-refractivity contribution < 1.29 is 9.90 Å². The highest BCUT2D eigenvalue weighted by Crippen LogP contribution is 2.44. The van der Waals surface area contributed by atoms with Gasteiger partial charge in [0.2, 0.25) is 0 Å². The van der Waals surface area contributed by atoms with E-state index < -0.39 is 5.97 Å². The van der Waals surface area contributed by atoms with Gasteiger partial charge in [-0.2, -0.15) is 0 Å². The molecular formula is C18H18ClNO2. The first-order chi connectivity index (χ1) is 10.4. The number of hydrogen-bond donors (Lipinski definition) is 2. The Hall–Kier alpha value is -1.84. The van der Waals surface area contributed by atoms with Gasteiger partial charge in [-0.3, -0.25) is 0 Å². The Balaban J connectivity index is 1.99. The molecule has 2 aromatic carbocycles. The van der Waals surface area contributed by atoms with Crippen molar-refractivity contribution in [2.75, 3.05) is 0 Å². The van der Waals surface area contributed by atoms with E-state index in [0.717, 1.165) is 29.5 Å². The molecule has 1 atom stereocenters. The number of halogens is 1. The summed E-state index contributed by atoms with van der Waals surface area (Å²) >= 11 is 6.44. The van der Waals surface area contributed by atoms with Crippen molar-refractivity contribution in [3.8, 4) is 0 Å². The molecule has 0 aliphatic heterocycles. The molecule has 0 spiro atoms. The zero-order chi connectivity index (χ0) is 15.9. The van der Waals surface area contributed by atoms with Crippen LogP contribution in [0.5, 0.6) is 0 Å². The fraction of sp³-hybridized carbons (Fsp3) is 0.278. The summed E-state index contributed by atoms with van der Waals surface area (Å²) in [5.41, 5.74) is 9.03. The van der Waals surface area contributed by atoms with Crippen molar-refractivity contribution in [1.29, 1.82) is 0 Å². The molecule has 3 N–H and O–H groups in total. The molecule has 0 amide bonds. The minimum absolute atomic E-state index is 0.0956. The number of benzene rings is 2. The van der Waals surface area contributed by atoms with E-state index in [4.69, 9.17) is 17.3 Å². The molecule has 0 radical (unpaired) electrons. The molecule has 22 heavy (non-hydrogen) atoms. The van der Waals surface area contributed by atoms with Crippen LogP contribution in [0.15, 0.2) is 42.5 Å². The average Bonchev–Trinajstić information content (AvgIpc) is 3.25. The third kappa shape index (κ3) is 2.62. The van der Waals surface area contributed by atoms with Crippen molar-refractivity contribution >= 4 is 17.6 Å². The van der Waals surface area contributed by atoms with Gasteiger partial charge in [-0.15, -0.1) is 0 Å². The number of aromatic carboxylic acids is 1. The maximum Gasteiger partial charge on any atom is 0.335 e. The van der Waals surface area contributed by atoms with Gasteiger partial charge >= 0.3 is 5.97 Å². The van der Waals surface area contributed by atoms with Crippen LogP contribution in [-0.4, -0.2) is 11.1 Å². The maximum absolute atomic E-state index is 11.4. The molecule has 1 saturated carbocycles. The highest BCUT2D eigenvalue weighted by Gasteiger charge is 2.40. The highest BCUT2D eigenvalue weighted by atomic mass is 35.5. The fourth-order valence-electron chi connectivity index (χ4n) is 2.85. The van der Waals surface area contributed by atoms with Crippen LogP contribution in [-0.2, 0) is 5.54 Å². The summed E-state index contributed by atoms with van der Waals surface area (Å²) < 4.78 is 0. The van der Waals surface area contributed by atoms with Crippen LogP contribution in [0, 0.1) is 0 Å². The highest BCUT2D eigenvalue weighted by molar-refractivity contribution is 6.31. The summed E-state index contributed by atoms with van der Waals surface area (Å²) in [6, 6.07) is 12.9. The molecule has 1 unspecified atom stereocenters. The first-order valence-corrected chi connectivity index (χ1v) is 7.71. The predicted octanol–water partition coefficient (Wildman–Crippen LogP) is 4.14. The lowest BCUT2D eigenvalue weighted by Gasteiger charge is -2.18. The Bertz CT molecular complexity index is 738. The van der Waals surface area contributed by atoms with Crippen molar-refractivity contribution in [2.45, 2.75) is 31.2 Å². The zero-order valence-electron chi connectivity index (χ0n) is 12.3. The fourth-order valence-corrected chi connectivity index (χ4v) is 3.19. The van der Waals surface area contributed by atoms with E-state index in [1.165, 1.54) is 0 Å². The summed E-state index contributed by atoms with van der Waals surface area (Å²) in [4.78, 5) is 11.4. The number of nitrogens with two attached hydrogens (primary N) is 1. The van der Waals surface area contributed by atoms with Gasteiger partial charge in [-0.1, -0.05) is 48.9 Å². The van der Waals surface area contributed by atoms with Crippen molar-refractivity contribution in [3.63, 3.8) is 0 Å². The van der Waals surface area contributed by atoms with Crippen LogP contribution in [0.4, 0.5) is 0 Å². The summed E-state index contributed by atoms with van der Waals surface area (Å²) in [5.74, 6) is -1.02. The number of carboxylic acids is 1. The van der Waals surface area contributed by atoms with Crippen molar-refractivity contribution in [1.82, 2.24) is 0 Å². The second-order valence-electron chi connectivity index (χ2n) is 6.01. The predicted molar refractivity (Wildman–Crippen MR) is 87.5 cm³/mol. The molecule has 2 aromatic rings. The van der Waals surface area contributed by atoms with E-state index in [1.807, 2.05) is 37.3 Å². The molecule has 1 fully saturated rings. The Morgan fingerprint density at radius 3 is 2.50 bits per heavy atom. The van der Waals surface area contributed by atoms with Crippen LogP contribution in [0.2, 0.25) is 5.02 Å². The lowest BCUT2D eigenvalue weighted by atomic mass is 9.88. The smallest absolute Gasteiger partial charge is 0.335 e. The molecule has 4 heteroatoms. The average molecular weight is 316 g/mol. The van der Waals surface area contributed by atoms with E-state index in [2.05, 4.69) is 0 Å². The van der Waals surface area contributed by atoms with E-state index >= 15 is 0 Å². The molecule has 1 aliphatic carbocycles. The van der Waals surface area contributed by atoms with Crippen LogP contribution < -0.4 is 5.73 Å². The van der Waals surface area contributed by atoms with Crippen molar-refractivity contribution in [3.05, 3.63) is 69.7 Å². The largest absolute Gasteiger partial charge is 0.478 e. The summed E-state index contributed by atoms with van der Waals surface area (Å²) in [6.45, 7) is 1.97. The Labute approximate surface area is 134 Å². The molecule has 3 nitrogen and oxygen atoms in total. The zero-order valence-corrected chi connectivity index (χ0v) is 13.1. The Morgan fingerprint density at radius 1 is 1.23 bits per heavy atom. The standard InChI is InChI=1S/C18H18ClNO2/c1-11(13-4-2-3-5-15(13)17(21)22)14-7-6-12(10-16(14)19)18(20)8-9-18/h2-7,10-11H,8-9,20H2,1H3,(H,21,22). The summed E-state index contributed by atoms with van der Waals surface area (Å²) in [7, 11) is 0. The summed E-state index contributed by atoms with van der Waals surface area (Å²) in [5, 5.41) is 9.98. The lowest BCUT2D eigenvalue weighted by molar-refractivity contribution is 0.0695. The van der Waals surface area contributed by atoms with Crippen LogP contribution in [0.1, 0.15) is 52.7 Å². The second-order valence-corrected chi connectivity index (χ2v) is 6.41. The number of rotatable bonds is 4. The first kappa shape index (κ1) is 15.1. The van der Waals surface area contributed by atoms with Crippen LogP contribution >= 0.6 is 11.6 Å². The second kappa shape index (κ2) is 5.41. The molecule has 0 saturated heterocycles. The monoisotopic (exact) mass is 315 g/mol. The first-order valence-electron chi connectivity index (χ1n) is 7.33. The number of carboxylic acid groups (broad SMARTS) is 1. The third-order valence-electron chi connectivity index (χ3n) is 4.49. The Kier molecular flexibility index (Phi) is 3.71. The van der Waals surface area contributed by atoms with E-state index in [-0.39, 0.29) is 11.5 Å². The molecule has 0 bridgehead atoms. The van der Waals surface area contributed by atoms with Gasteiger partial charge in [-0.25, -0.2) is 4.79 Å². The molecular weight excluding hydrogens is 298 g/mol. The third-order valence-corrected chi connectivity index (χ3v) is 4.82. The normalized spacial score (nSPS) is 17.0. The number of carbonyl (C=O) groups is 1. The van der Waals surface area contributed by atoms with E-state index in [1.54, 1.807) is 12.1 Å². The van der Waals surface area contributed by atoms with E-state index in [0.29, 0.717) is 10.6 Å². The quantitative estimate of drug-likeness (QED) is 0.891. The van der Waals surface area contributed by atoms with Gasteiger partial charge in [0.1, 0.15) is 0 Å². The molecule has 0 heterocycles. The van der Waals surface area contributed by atoms with Gasteiger partial charge < -0.3 is 10.8 Å². The molecule has 114 valence electrons. The van der Waals surface area contributed by atoms with Gasteiger partial charge in [0, 0.05) is 16.5 Å². The summed E-state index contributed by atoms with van der Waals surface area (Å²) in [6.07, 6.45) is 1.97. The van der Waals surface area contributed by atoms with E-state index in [9.17, 15) is 9.90 Å². The minimum atomic E-state index is -0.922. The lowest BCUT2D eigenvalue weighted by Crippen LogP contribution is -2.18. The number of hydrogen-bond acceptors (Lipinski definition) is 2.